The topological polar surface area (TPSA) is 46.0 Å². The van der Waals surface area contributed by atoms with E-state index in [4.69, 9.17) is 4.74 Å². The van der Waals surface area contributed by atoms with Gasteiger partial charge in [0.1, 0.15) is 14.0 Å². The zero-order valence-corrected chi connectivity index (χ0v) is 33.9. The highest BCUT2D eigenvalue weighted by atomic mass is 31.1. The Morgan fingerprint density at radius 1 is 0.724 bits per heavy atom. The van der Waals surface area contributed by atoms with E-state index in [2.05, 4.69) is 166 Å². The third-order valence-corrected chi connectivity index (χ3v) is 16.0. The van der Waals surface area contributed by atoms with Gasteiger partial charge in [-0.05, 0) is 102 Å². The molecule has 0 fully saturated rings. The molecule has 0 N–H and O–H groups in total. The highest BCUT2D eigenvalue weighted by Gasteiger charge is 2.45. The van der Waals surface area contributed by atoms with E-state index in [1.165, 1.54) is 90.3 Å². The zero-order valence-electron chi connectivity index (χ0n) is 33.1. The molecule has 6 aliphatic rings. The number of nitrogens with zero attached hydrogens (tertiary/aromatic N) is 4. The molecule has 6 bridgehead atoms. The van der Waals surface area contributed by atoms with Crippen LogP contribution in [0.2, 0.25) is 0 Å². The van der Waals surface area contributed by atoms with Crippen molar-refractivity contribution in [1.29, 1.82) is 0 Å². The Bertz CT molecular complexity index is 3180. The maximum Gasteiger partial charge on any atom is 0.337 e. The number of esters is 1. The van der Waals surface area contributed by atoms with Crippen molar-refractivity contribution < 1.29 is 9.53 Å². The van der Waals surface area contributed by atoms with Gasteiger partial charge in [-0.25, -0.2) is 4.79 Å². The third-order valence-electron chi connectivity index (χ3n) is 13.4. The van der Waals surface area contributed by atoms with Crippen molar-refractivity contribution in [3.05, 3.63) is 212 Å². The smallest absolute Gasteiger partial charge is 0.337 e. The van der Waals surface area contributed by atoms with E-state index in [1.807, 2.05) is 12.1 Å². The van der Waals surface area contributed by atoms with Crippen LogP contribution in [0.3, 0.4) is 0 Å². The van der Waals surface area contributed by atoms with Crippen molar-refractivity contribution in [2.75, 3.05) is 7.11 Å². The molecule has 0 spiro atoms. The Morgan fingerprint density at radius 2 is 1.41 bits per heavy atom. The molecule has 0 saturated heterocycles. The van der Waals surface area contributed by atoms with Gasteiger partial charge in [0.15, 0.2) is 0 Å². The molecule has 58 heavy (non-hydrogen) atoms. The first-order valence-electron chi connectivity index (χ1n) is 20.5. The van der Waals surface area contributed by atoms with Gasteiger partial charge in [0.05, 0.1) is 58.0 Å². The van der Waals surface area contributed by atoms with Crippen LogP contribution in [0.15, 0.2) is 145 Å². The van der Waals surface area contributed by atoms with E-state index in [0.717, 1.165) is 18.5 Å². The molecule has 0 radical (unpaired) electrons. The Kier molecular flexibility index (Phi) is 7.29. The SMILES string of the molecule is COC(=O)c1ccc(C2=c3ccc4n3P3C5Cn6c(ccc62)C(c2ccccc2)=c2ccc(n25)=C(C2C=CC=CC2C)c2cc(C)c(n23)C=4C2=CC=CCC2C)cc1. The second-order valence-electron chi connectivity index (χ2n) is 16.6. The number of carbonyl (C=O) groups excluding carboxylic acids is 1. The quantitative estimate of drug-likeness (QED) is 0.134. The van der Waals surface area contributed by atoms with E-state index in [-0.39, 0.29) is 17.7 Å². The highest BCUT2D eigenvalue weighted by molar-refractivity contribution is 7.54. The van der Waals surface area contributed by atoms with Gasteiger partial charge in [-0.15, -0.1) is 0 Å². The van der Waals surface area contributed by atoms with Crippen LogP contribution in [0.25, 0.3) is 22.3 Å². The number of ether oxygens (including phenoxy) is 1. The van der Waals surface area contributed by atoms with Crippen molar-refractivity contribution >= 4 is 36.5 Å². The van der Waals surface area contributed by atoms with Gasteiger partial charge in [0, 0.05) is 33.6 Å². The number of aromatic nitrogens is 4. The average Bonchev–Trinajstić information content (AvgIpc) is 4.01. The molecule has 4 aliphatic heterocycles. The van der Waals surface area contributed by atoms with Crippen LogP contribution in [0, 0.1) is 24.7 Å². The summed E-state index contributed by atoms with van der Waals surface area (Å²) in [7, 11) is 0.341. The Labute approximate surface area is 338 Å². The molecule has 5 atom stereocenters. The number of allylic oxidation sites excluding steroid dienone is 8. The molecule has 4 aromatic heterocycles. The van der Waals surface area contributed by atoms with Gasteiger partial charge in [0.2, 0.25) is 0 Å². The molecule has 0 amide bonds. The van der Waals surface area contributed by atoms with Gasteiger partial charge >= 0.3 is 5.97 Å². The molecule has 2 aliphatic carbocycles. The number of rotatable bonds is 5. The number of hydrogen-bond acceptors (Lipinski definition) is 2. The Morgan fingerprint density at radius 3 is 2.16 bits per heavy atom. The third kappa shape index (κ3) is 4.50. The maximum absolute atomic E-state index is 12.7. The van der Waals surface area contributed by atoms with Crippen LogP contribution in [0.1, 0.15) is 75.9 Å². The number of aryl methyl sites for hydroxylation is 1. The molecule has 6 nitrogen and oxygen atoms in total. The molecular weight excluding hydrogens is 732 g/mol. The van der Waals surface area contributed by atoms with Crippen molar-refractivity contribution in [2.45, 2.75) is 39.5 Å². The lowest BCUT2D eigenvalue weighted by atomic mass is 9.82. The van der Waals surface area contributed by atoms with Crippen LogP contribution in [-0.2, 0) is 11.3 Å². The fourth-order valence-corrected chi connectivity index (χ4v) is 13.9. The highest BCUT2D eigenvalue weighted by Crippen LogP contribution is 2.59. The van der Waals surface area contributed by atoms with E-state index < -0.39 is 8.22 Å². The molecule has 5 unspecified atom stereocenters. The second-order valence-corrected chi connectivity index (χ2v) is 18.6. The summed E-state index contributed by atoms with van der Waals surface area (Å²) in [5.74, 6) is 0.704. The van der Waals surface area contributed by atoms with Crippen LogP contribution in [0.5, 0.6) is 0 Å². The Balaban J connectivity index is 1.31. The molecule has 12 rings (SSSR count). The van der Waals surface area contributed by atoms with Gasteiger partial charge in [-0.1, -0.05) is 98.8 Å². The fraction of sp³-hybridized carbons (Fsp3) is 0.196. The predicted molar refractivity (Wildman–Crippen MR) is 232 cm³/mol. The number of hydrogen-bond donors (Lipinski definition) is 0. The summed E-state index contributed by atoms with van der Waals surface area (Å²) in [6.45, 7) is 7.92. The number of methoxy groups -OCH3 is 1. The van der Waals surface area contributed by atoms with Crippen molar-refractivity contribution in [1.82, 2.24) is 17.8 Å². The van der Waals surface area contributed by atoms with Crippen LogP contribution >= 0.6 is 8.22 Å². The number of benzene rings is 2. The zero-order chi connectivity index (χ0) is 39.0. The van der Waals surface area contributed by atoms with Crippen molar-refractivity contribution in [2.24, 2.45) is 17.8 Å². The summed E-state index contributed by atoms with van der Waals surface area (Å²) in [5, 5.41) is 5.09. The molecule has 2 aromatic carbocycles. The van der Waals surface area contributed by atoms with Crippen LogP contribution < -0.4 is 21.4 Å². The average molecular weight is 775 g/mol. The molecule has 8 heterocycles. The monoisotopic (exact) mass is 774 g/mol. The summed E-state index contributed by atoms with van der Waals surface area (Å²) < 4.78 is 16.1. The van der Waals surface area contributed by atoms with Gasteiger partial charge in [0.25, 0.3) is 0 Å². The molecule has 7 heteroatoms. The normalized spacial score (nSPS) is 23.0. The first kappa shape index (κ1) is 34.0. The van der Waals surface area contributed by atoms with Gasteiger partial charge in [-0.2, -0.15) is 0 Å². The summed E-state index contributed by atoms with van der Waals surface area (Å²) in [6, 6.07) is 35.9. The standard InChI is InChI=1S/C51H43N4O2P/c1-30-12-8-10-16-36(30)48-41-25-24-40-46(33-14-6-5-7-15-33)38-22-23-39-47(34-18-20-35(21-19-34)51(56)57-4)42-26-27-43-49(37-17-11-9-13-31(37)2)50-32(3)28-44(48)55(50)58(54(42)43)45(53(40)41)29-52(38)39/h5-12,14-28,30-31,36,45H,13,29H2,1-4H3. The lowest BCUT2D eigenvalue weighted by Gasteiger charge is -2.38. The van der Waals surface area contributed by atoms with E-state index in [1.54, 1.807) is 0 Å². The lowest BCUT2D eigenvalue weighted by Crippen LogP contribution is -2.41. The van der Waals surface area contributed by atoms with Crippen molar-refractivity contribution in [3.8, 4) is 0 Å². The van der Waals surface area contributed by atoms with E-state index in [0.29, 0.717) is 17.4 Å². The number of carbonyl (C=O) groups is 1. The fourth-order valence-electron chi connectivity index (χ4n) is 10.8. The van der Waals surface area contributed by atoms with E-state index in [9.17, 15) is 4.79 Å². The first-order valence-corrected chi connectivity index (χ1v) is 21.9. The minimum absolute atomic E-state index is 0.105. The second kappa shape index (κ2) is 12.4. The predicted octanol–water partition coefficient (Wildman–Crippen LogP) is 7.64. The van der Waals surface area contributed by atoms with Gasteiger partial charge in [-0.3, -0.25) is 8.68 Å². The lowest BCUT2D eigenvalue weighted by molar-refractivity contribution is 0.0600. The van der Waals surface area contributed by atoms with Crippen LogP contribution in [0.4, 0.5) is 0 Å². The van der Waals surface area contributed by atoms with Crippen LogP contribution in [-0.4, -0.2) is 30.9 Å². The van der Waals surface area contributed by atoms with E-state index >= 15 is 0 Å². The largest absolute Gasteiger partial charge is 0.465 e. The summed E-state index contributed by atoms with van der Waals surface area (Å²) in [6.07, 6.45) is 17.3. The summed E-state index contributed by atoms with van der Waals surface area (Å²) >= 11 is 0. The molecular formula is C51H43N4O2P. The first-order chi connectivity index (χ1) is 28.4. The van der Waals surface area contributed by atoms with Crippen molar-refractivity contribution in [3.63, 3.8) is 0 Å². The van der Waals surface area contributed by atoms with Gasteiger partial charge < -0.3 is 13.9 Å². The maximum atomic E-state index is 12.7. The minimum Gasteiger partial charge on any atom is -0.465 e. The summed E-state index contributed by atoms with van der Waals surface area (Å²) in [5.41, 5.74) is 15.9. The molecule has 284 valence electrons. The minimum atomic E-state index is -1.10. The summed E-state index contributed by atoms with van der Waals surface area (Å²) in [4.78, 5) is 12.7. The Hall–Kier alpha value is -6.10. The molecule has 0 saturated carbocycles. The molecule has 6 aromatic rings.